The molecule has 0 amide bonds. The van der Waals surface area contributed by atoms with Crippen molar-refractivity contribution in [2.75, 3.05) is 0 Å². The molecule has 1 heterocycles. The third kappa shape index (κ3) is 3.94. The smallest absolute Gasteiger partial charge is 0.334 e. The van der Waals surface area contributed by atoms with Crippen LogP contribution in [0.3, 0.4) is 0 Å². The first-order valence-electron chi connectivity index (χ1n) is 8.72. The monoisotopic (exact) mass is 396 g/mol. The molecule has 0 fully saturated rings. The van der Waals surface area contributed by atoms with E-state index in [1.54, 1.807) is 37.7 Å². The SMILES string of the molecule is CC1=C(C(=O)O)C(c2ccccc2SCc2ccccc2)C([N+](=O)[O-])=C(C)N1. The van der Waals surface area contributed by atoms with Crippen molar-refractivity contribution in [3.8, 4) is 0 Å². The van der Waals surface area contributed by atoms with Gasteiger partial charge in [-0.2, -0.15) is 0 Å². The minimum Gasteiger partial charge on any atom is -0.478 e. The molecule has 1 aliphatic rings. The van der Waals surface area contributed by atoms with Crippen LogP contribution in [0.5, 0.6) is 0 Å². The lowest BCUT2D eigenvalue weighted by Gasteiger charge is -2.26. The van der Waals surface area contributed by atoms with Gasteiger partial charge in [0.2, 0.25) is 0 Å². The van der Waals surface area contributed by atoms with Gasteiger partial charge in [0.1, 0.15) is 5.92 Å². The number of hydrogen-bond acceptors (Lipinski definition) is 5. The third-order valence-corrected chi connectivity index (χ3v) is 5.78. The number of dihydropyridines is 1. The van der Waals surface area contributed by atoms with E-state index in [-0.39, 0.29) is 11.3 Å². The Balaban J connectivity index is 2.07. The minimum absolute atomic E-state index is 0.00469. The highest BCUT2D eigenvalue weighted by Crippen LogP contribution is 2.42. The fourth-order valence-corrected chi connectivity index (χ4v) is 4.44. The number of aliphatic carboxylic acids is 1. The van der Waals surface area contributed by atoms with Crippen molar-refractivity contribution in [1.82, 2.24) is 5.32 Å². The molecule has 3 rings (SSSR count). The Kier molecular flexibility index (Phi) is 5.84. The molecule has 0 bridgehead atoms. The Morgan fingerprint density at radius 3 is 2.39 bits per heavy atom. The Bertz CT molecular complexity index is 947. The van der Waals surface area contributed by atoms with Gasteiger partial charge in [-0.1, -0.05) is 48.5 Å². The summed E-state index contributed by atoms with van der Waals surface area (Å²) >= 11 is 1.54. The second kappa shape index (κ2) is 8.31. The van der Waals surface area contributed by atoms with Crippen LogP contribution in [-0.2, 0) is 10.5 Å². The summed E-state index contributed by atoms with van der Waals surface area (Å²) in [5.41, 5.74) is 2.41. The molecule has 1 aliphatic heterocycles. The standard InChI is InChI=1S/C21H20N2O4S/c1-13-18(21(24)25)19(20(23(26)27)14(2)22-13)16-10-6-7-11-17(16)28-12-15-8-4-3-5-9-15/h3-11,19,22H,12H2,1-2H3,(H,24,25). The summed E-state index contributed by atoms with van der Waals surface area (Å²) in [6, 6.07) is 17.2. The molecule has 1 atom stereocenters. The van der Waals surface area contributed by atoms with E-state index in [4.69, 9.17) is 0 Å². The van der Waals surface area contributed by atoms with Gasteiger partial charge in [-0.25, -0.2) is 4.79 Å². The topological polar surface area (TPSA) is 92.5 Å². The summed E-state index contributed by atoms with van der Waals surface area (Å²) in [5.74, 6) is -1.41. The minimum atomic E-state index is -1.16. The van der Waals surface area contributed by atoms with Crippen LogP contribution in [0.2, 0.25) is 0 Å². The predicted molar refractivity (Wildman–Crippen MR) is 108 cm³/mol. The summed E-state index contributed by atoms with van der Waals surface area (Å²) in [4.78, 5) is 24.1. The number of rotatable bonds is 6. The van der Waals surface area contributed by atoms with Crippen molar-refractivity contribution >= 4 is 17.7 Å². The van der Waals surface area contributed by atoms with E-state index in [1.165, 1.54) is 0 Å². The largest absolute Gasteiger partial charge is 0.478 e. The maximum atomic E-state index is 12.0. The van der Waals surface area contributed by atoms with E-state index in [9.17, 15) is 20.0 Å². The Hall–Kier alpha value is -3.06. The van der Waals surface area contributed by atoms with Gasteiger partial charge in [-0.05, 0) is 31.0 Å². The summed E-state index contributed by atoms with van der Waals surface area (Å²) in [7, 11) is 0. The van der Waals surface area contributed by atoms with Crippen molar-refractivity contribution in [1.29, 1.82) is 0 Å². The van der Waals surface area contributed by atoms with E-state index in [0.717, 1.165) is 10.5 Å². The van der Waals surface area contributed by atoms with Crippen LogP contribution < -0.4 is 5.32 Å². The number of nitrogens with zero attached hydrogens (tertiary/aromatic N) is 1. The van der Waals surface area contributed by atoms with E-state index < -0.39 is 16.8 Å². The van der Waals surface area contributed by atoms with Crippen LogP contribution in [0.15, 0.2) is 82.2 Å². The second-order valence-corrected chi connectivity index (χ2v) is 7.50. The quantitative estimate of drug-likeness (QED) is 0.423. The maximum absolute atomic E-state index is 12.0. The first-order valence-corrected chi connectivity index (χ1v) is 9.70. The highest BCUT2D eigenvalue weighted by Gasteiger charge is 2.41. The molecule has 0 aliphatic carbocycles. The van der Waals surface area contributed by atoms with Gasteiger partial charge < -0.3 is 10.4 Å². The zero-order valence-corrected chi connectivity index (χ0v) is 16.3. The van der Waals surface area contributed by atoms with Crippen molar-refractivity contribution in [2.24, 2.45) is 0 Å². The first-order chi connectivity index (χ1) is 13.4. The zero-order valence-electron chi connectivity index (χ0n) is 15.5. The number of nitrogens with one attached hydrogen (secondary N) is 1. The van der Waals surface area contributed by atoms with Crippen LogP contribution in [0.1, 0.15) is 30.9 Å². The summed E-state index contributed by atoms with van der Waals surface area (Å²) in [6.07, 6.45) is 0. The lowest BCUT2D eigenvalue weighted by Crippen LogP contribution is -2.31. The average molecular weight is 396 g/mol. The summed E-state index contributed by atoms with van der Waals surface area (Å²) in [5, 5.41) is 24.4. The van der Waals surface area contributed by atoms with E-state index in [1.807, 2.05) is 42.5 Å². The molecule has 7 heteroatoms. The van der Waals surface area contributed by atoms with Gasteiger partial charge >= 0.3 is 5.97 Å². The predicted octanol–water partition coefficient (Wildman–Crippen LogP) is 4.53. The normalized spacial score (nSPS) is 16.7. The van der Waals surface area contributed by atoms with E-state index >= 15 is 0 Å². The van der Waals surface area contributed by atoms with Crippen molar-refractivity contribution in [3.05, 3.63) is 98.5 Å². The molecule has 1 unspecified atom stereocenters. The Morgan fingerprint density at radius 2 is 1.75 bits per heavy atom. The Labute approximate surface area is 167 Å². The lowest BCUT2D eigenvalue weighted by atomic mass is 9.84. The molecule has 0 radical (unpaired) electrons. The highest BCUT2D eigenvalue weighted by atomic mass is 32.2. The van der Waals surface area contributed by atoms with Gasteiger partial charge in [-0.3, -0.25) is 10.1 Å². The van der Waals surface area contributed by atoms with Crippen molar-refractivity contribution in [2.45, 2.75) is 30.4 Å². The molecular weight excluding hydrogens is 376 g/mol. The van der Waals surface area contributed by atoms with E-state index in [0.29, 0.717) is 22.7 Å². The average Bonchev–Trinajstić information content (AvgIpc) is 2.66. The fourth-order valence-electron chi connectivity index (χ4n) is 3.40. The zero-order chi connectivity index (χ0) is 20.3. The first kappa shape index (κ1) is 19.7. The van der Waals surface area contributed by atoms with Crippen LogP contribution in [0.25, 0.3) is 0 Å². The molecule has 6 nitrogen and oxygen atoms in total. The number of allylic oxidation sites excluding steroid dienone is 3. The summed E-state index contributed by atoms with van der Waals surface area (Å²) in [6.45, 7) is 3.24. The molecule has 0 spiro atoms. The molecule has 0 saturated heterocycles. The van der Waals surface area contributed by atoms with Gasteiger partial charge in [0.15, 0.2) is 0 Å². The lowest BCUT2D eigenvalue weighted by molar-refractivity contribution is -0.431. The Morgan fingerprint density at radius 1 is 1.11 bits per heavy atom. The number of carboxylic acid groups (broad SMARTS) is 1. The number of carbonyl (C=O) groups is 1. The second-order valence-electron chi connectivity index (χ2n) is 6.48. The van der Waals surface area contributed by atoms with Crippen LogP contribution in [0, 0.1) is 10.1 Å². The number of carboxylic acids is 1. The molecule has 28 heavy (non-hydrogen) atoms. The molecule has 2 aromatic carbocycles. The molecule has 0 saturated carbocycles. The molecule has 0 aromatic heterocycles. The van der Waals surface area contributed by atoms with Gasteiger partial charge in [0.05, 0.1) is 16.2 Å². The number of benzene rings is 2. The molecule has 144 valence electrons. The molecular formula is C21H20N2O4S. The van der Waals surface area contributed by atoms with Gasteiger partial charge in [-0.15, -0.1) is 11.8 Å². The van der Waals surface area contributed by atoms with Gasteiger partial charge in [0.25, 0.3) is 5.70 Å². The van der Waals surface area contributed by atoms with Crippen LogP contribution >= 0.6 is 11.8 Å². The maximum Gasteiger partial charge on any atom is 0.334 e. The number of nitro groups is 1. The summed E-state index contributed by atoms with van der Waals surface area (Å²) < 4.78 is 0. The van der Waals surface area contributed by atoms with E-state index in [2.05, 4.69) is 5.32 Å². The van der Waals surface area contributed by atoms with Crippen molar-refractivity contribution in [3.63, 3.8) is 0 Å². The number of thioether (sulfide) groups is 1. The van der Waals surface area contributed by atoms with Crippen LogP contribution in [0.4, 0.5) is 0 Å². The highest BCUT2D eigenvalue weighted by molar-refractivity contribution is 7.98. The third-order valence-electron chi connectivity index (χ3n) is 4.62. The van der Waals surface area contributed by atoms with Crippen molar-refractivity contribution < 1.29 is 14.8 Å². The van der Waals surface area contributed by atoms with Crippen LogP contribution in [-0.4, -0.2) is 16.0 Å². The molecule has 2 aromatic rings. The van der Waals surface area contributed by atoms with Gasteiger partial charge in [0, 0.05) is 16.3 Å². The molecule has 2 N–H and O–H groups in total. The number of hydrogen-bond donors (Lipinski definition) is 2. The fraction of sp³-hybridized carbons (Fsp3) is 0.190.